The van der Waals surface area contributed by atoms with Crippen LogP contribution in [0.25, 0.3) is 0 Å². The largest absolute Gasteiger partial charge is 0.497 e. The third kappa shape index (κ3) is 6.90. The molecule has 0 saturated heterocycles. The van der Waals surface area contributed by atoms with Crippen LogP contribution in [0.3, 0.4) is 0 Å². The van der Waals surface area contributed by atoms with Gasteiger partial charge >= 0.3 is 0 Å². The maximum atomic E-state index is 4.80. The number of ether oxygens (including phenoxy) is 2. The first-order valence-electron chi connectivity index (χ1n) is 3.87. The van der Waals surface area contributed by atoms with E-state index in [0.717, 1.165) is 13.2 Å². The SMILES string of the molecule is C1=CCOC=C1.C1=CCOC=C1.O. The van der Waals surface area contributed by atoms with Gasteiger partial charge in [0.1, 0.15) is 13.2 Å². The molecule has 2 aliphatic heterocycles. The predicted octanol–water partition coefficient (Wildman–Crippen LogP) is 1.35. The summed E-state index contributed by atoms with van der Waals surface area (Å²) >= 11 is 0. The van der Waals surface area contributed by atoms with Gasteiger partial charge in [0.25, 0.3) is 0 Å². The predicted molar refractivity (Wildman–Crippen MR) is 52.1 cm³/mol. The molecule has 2 rings (SSSR count). The Kier molecular flexibility index (Phi) is 7.63. The van der Waals surface area contributed by atoms with Crippen molar-refractivity contribution < 1.29 is 14.9 Å². The second kappa shape index (κ2) is 8.62. The maximum Gasteiger partial charge on any atom is 0.106 e. The molecule has 0 amide bonds. The van der Waals surface area contributed by atoms with E-state index in [1.807, 2.05) is 36.5 Å². The summed E-state index contributed by atoms with van der Waals surface area (Å²) in [7, 11) is 0. The van der Waals surface area contributed by atoms with Crippen LogP contribution >= 0.6 is 0 Å². The number of hydrogen-bond acceptors (Lipinski definition) is 2. The van der Waals surface area contributed by atoms with E-state index in [0.29, 0.717) is 0 Å². The molecule has 0 atom stereocenters. The van der Waals surface area contributed by atoms with Crippen LogP contribution < -0.4 is 0 Å². The normalized spacial score (nSPS) is 16.0. The van der Waals surface area contributed by atoms with Crippen LogP contribution in [0.2, 0.25) is 0 Å². The first kappa shape index (κ1) is 11.5. The summed E-state index contributed by atoms with van der Waals surface area (Å²) in [5.74, 6) is 0. The Morgan fingerprint density at radius 2 is 1.15 bits per heavy atom. The number of hydrogen-bond donors (Lipinski definition) is 0. The van der Waals surface area contributed by atoms with Crippen LogP contribution in [0.5, 0.6) is 0 Å². The van der Waals surface area contributed by atoms with Crippen molar-refractivity contribution in [1.82, 2.24) is 0 Å². The number of rotatable bonds is 0. The molecule has 0 unspecified atom stereocenters. The summed E-state index contributed by atoms with van der Waals surface area (Å²) in [5, 5.41) is 0. The molecule has 0 spiro atoms. The van der Waals surface area contributed by atoms with E-state index in [9.17, 15) is 0 Å². The second-order valence-corrected chi connectivity index (χ2v) is 2.18. The van der Waals surface area contributed by atoms with Gasteiger partial charge in [-0.05, 0) is 24.3 Å². The molecule has 3 nitrogen and oxygen atoms in total. The number of allylic oxidation sites excluding steroid dienone is 4. The Bertz CT molecular complexity index is 166. The summed E-state index contributed by atoms with van der Waals surface area (Å²) in [5.41, 5.74) is 0. The lowest BCUT2D eigenvalue weighted by Gasteiger charge is -1.94. The van der Waals surface area contributed by atoms with Crippen molar-refractivity contribution in [2.45, 2.75) is 0 Å². The van der Waals surface area contributed by atoms with Crippen molar-refractivity contribution in [1.29, 1.82) is 0 Å². The van der Waals surface area contributed by atoms with E-state index in [1.54, 1.807) is 12.5 Å². The topological polar surface area (TPSA) is 50.0 Å². The Morgan fingerprint density at radius 3 is 1.23 bits per heavy atom. The lowest BCUT2D eigenvalue weighted by atomic mass is 10.5. The van der Waals surface area contributed by atoms with Crippen LogP contribution in [0, 0.1) is 0 Å². The van der Waals surface area contributed by atoms with Crippen molar-refractivity contribution >= 4 is 0 Å². The van der Waals surface area contributed by atoms with E-state index in [-0.39, 0.29) is 5.48 Å². The highest BCUT2D eigenvalue weighted by Crippen LogP contribution is 1.87. The molecule has 0 radical (unpaired) electrons. The fourth-order valence-electron chi connectivity index (χ4n) is 0.692. The smallest absolute Gasteiger partial charge is 0.106 e. The van der Waals surface area contributed by atoms with Gasteiger partial charge in [0.15, 0.2) is 0 Å². The molecule has 3 heteroatoms. The van der Waals surface area contributed by atoms with Gasteiger partial charge < -0.3 is 14.9 Å². The average molecular weight is 182 g/mol. The summed E-state index contributed by atoms with van der Waals surface area (Å²) in [4.78, 5) is 0. The van der Waals surface area contributed by atoms with E-state index in [1.165, 1.54) is 0 Å². The van der Waals surface area contributed by atoms with Crippen LogP contribution in [0.15, 0.2) is 49.0 Å². The molecule has 13 heavy (non-hydrogen) atoms. The van der Waals surface area contributed by atoms with Gasteiger partial charge in [0.05, 0.1) is 12.5 Å². The van der Waals surface area contributed by atoms with E-state index in [2.05, 4.69) is 0 Å². The van der Waals surface area contributed by atoms with Gasteiger partial charge in [-0.1, -0.05) is 12.2 Å². The molecule has 0 aromatic carbocycles. The van der Waals surface area contributed by atoms with E-state index < -0.39 is 0 Å². The molecule has 0 bridgehead atoms. The molecule has 0 saturated carbocycles. The summed E-state index contributed by atoms with van der Waals surface area (Å²) in [6.07, 6.45) is 14.9. The van der Waals surface area contributed by atoms with E-state index >= 15 is 0 Å². The molecule has 0 aromatic heterocycles. The molecular weight excluding hydrogens is 168 g/mol. The maximum absolute atomic E-state index is 4.80. The monoisotopic (exact) mass is 182 g/mol. The fraction of sp³-hybridized carbons (Fsp3) is 0.200. The zero-order valence-corrected chi connectivity index (χ0v) is 7.35. The Morgan fingerprint density at radius 1 is 0.692 bits per heavy atom. The van der Waals surface area contributed by atoms with Crippen molar-refractivity contribution in [3.05, 3.63) is 49.0 Å². The molecule has 0 aromatic rings. The lowest BCUT2D eigenvalue weighted by Crippen LogP contribution is -1.82. The van der Waals surface area contributed by atoms with Crippen LogP contribution in [-0.2, 0) is 9.47 Å². The molecule has 2 N–H and O–H groups in total. The van der Waals surface area contributed by atoms with Gasteiger partial charge in [0.2, 0.25) is 0 Å². The van der Waals surface area contributed by atoms with Gasteiger partial charge in [-0.25, -0.2) is 0 Å². The zero-order valence-electron chi connectivity index (χ0n) is 7.35. The molecule has 72 valence electrons. The Balaban J connectivity index is 0.000000206. The Labute approximate surface area is 78.0 Å². The highest BCUT2D eigenvalue weighted by molar-refractivity contribution is 5.03. The third-order valence-corrected chi connectivity index (χ3v) is 1.23. The minimum atomic E-state index is 0. The minimum Gasteiger partial charge on any atom is -0.497 e. The van der Waals surface area contributed by atoms with Gasteiger partial charge in [-0.15, -0.1) is 0 Å². The van der Waals surface area contributed by atoms with Crippen LogP contribution in [0.4, 0.5) is 0 Å². The highest BCUT2D eigenvalue weighted by Gasteiger charge is 1.76. The fourth-order valence-corrected chi connectivity index (χ4v) is 0.692. The first-order valence-corrected chi connectivity index (χ1v) is 3.87. The van der Waals surface area contributed by atoms with Crippen molar-refractivity contribution in [2.75, 3.05) is 13.2 Å². The van der Waals surface area contributed by atoms with Crippen LogP contribution in [-0.4, -0.2) is 18.7 Å². The Hall–Kier alpha value is -1.48. The van der Waals surface area contributed by atoms with Crippen molar-refractivity contribution in [3.8, 4) is 0 Å². The lowest BCUT2D eigenvalue weighted by molar-refractivity contribution is 0.286. The van der Waals surface area contributed by atoms with Crippen molar-refractivity contribution in [2.24, 2.45) is 0 Å². The molecule has 0 aliphatic carbocycles. The molecule has 2 aliphatic rings. The van der Waals surface area contributed by atoms with Crippen LogP contribution in [0.1, 0.15) is 0 Å². The van der Waals surface area contributed by atoms with Gasteiger partial charge in [-0.2, -0.15) is 0 Å². The quantitative estimate of drug-likeness (QED) is 0.567. The molecular formula is C10H14O3. The summed E-state index contributed by atoms with van der Waals surface area (Å²) in [6, 6.07) is 0. The van der Waals surface area contributed by atoms with Gasteiger partial charge in [0, 0.05) is 0 Å². The van der Waals surface area contributed by atoms with Gasteiger partial charge in [-0.3, -0.25) is 0 Å². The second-order valence-electron chi connectivity index (χ2n) is 2.18. The molecule has 2 heterocycles. The zero-order chi connectivity index (χ0) is 8.49. The van der Waals surface area contributed by atoms with E-state index in [4.69, 9.17) is 9.47 Å². The third-order valence-electron chi connectivity index (χ3n) is 1.23. The standard InChI is InChI=1S/2C5H6O.H2O/c2*1-2-4-6-5-3-1;/h2*1-4H,5H2;1H2. The highest BCUT2D eigenvalue weighted by atomic mass is 16.5. The average Bonchev–Trinajstić information content (AvgIpc) is 2.24. The summed E-state index contributed by atoms with van der Waals surface area (Å²) in [6.45, 7) is 1.47. The molecule has 0 fully saturated rings. The summed E-state index contributed by atoms with van der Waals surface area (Å²) < 4.78 is 9.60. The first-order chi connectivity index (χ1) is 6.00. The van der Waals surface area contributed by atoms with Crippen molar-refractivity contribution in [3.63, 3.8) is 0 Å². The minimum absolute atomic E-state index is 0.